The molecule has 2 rings (SSSR count). The molecule has 8 heteroatoms. The first-order valence-electron chi connectivity index (χ1n) is 8.15. The lowest BCUT2D eigenvalue weighted by molar-refractivity contribution is -0.138. The van der Waals surface area contributed by atoms with Crippen molar-refractivity contribution in [3.63, 3.8) is 0 Å². The molecule has 146 valence electrons. The molecule has 0 fully saturated rings. The molecule has 0 radical (unpaired) electrons. The molecule has 2 aromatic rings. The summed E-state index contributed by atoms with van der Waals surface area (Å²) in [4.78, 5) is 12.3. The number of rotatable bonds is 8. The minimum absolute atomic E-state index is 0.0278. The van der Waals surface area contributed by atoms with E-state index in [4.69, 9.17) is 9.84 Å². The number of ether oxygens (including phenoxy) is 1. The van der Waals surface area contributed by atoms with E-state index in [-0.39, 0.29) is 12.3 Å². The summed E-state index contributed by atoms with van der Waals surface area (Å²) >= 11 is 0. The van der Waals surface area contributed by atoms with Crippen LogP contribution in [0.3, 0.4) is 0 Å². The summed E-state index contributed by atoms with van der Waals surface area (Å²) in [6.45, 7) is 0.146. The van der Waals surface area contributed by atoms with E-state index >= 15 is 0 Å². The number of carboxylic acid groups (broad SMARTS) is 1. The molecule has 0 unspecified atom stereocenters. The minimum Gasteiger partial charge on any atom is -0.486 e. The minimum atomic E-state index is -4.49. The molecule has 27 heavy (non-hydrogen) atoms. The van der Waals surface area contributed by atoms with Crippen LogP contribution in [0.5, 0.6) is 5.75 Å². The van der Waals surface area contributed by atoms with E-state index in [1.807, 2.05) is 0 Å². The van der Waals surface area contributed by atoms with Gasteiger partial charge in [0.15, 0.2) is 0 Å². The second-order valence-corrected chi connectivity index (χ2v) is 6.10. The highest BCUT2D eigenvalue weighted by molar-refractivity contribution is 5.68. The highest BCUT2D eigenvalue weighted by Crippen LogP contribution is 2.33. The summed E-state index contributed by atoms with van der Waals surface area (Å²) in [7, 11) is 1.61. The first-order chi connectivity index (χ1) is 12.6. The molecule has 1 N–H and O–H groups in total. The number of halogens is 4. The third-order valence-electron chi connectivity index (χ3n) is 3.86. The zero-order valence-electron chi connectivity index (χ0n) is 14.5. The van der Waals surface area contributed by atoms with Gasteiger partial charge in [-0.3, -0.25) is 9.69 Å². The summed E-state index contributed by atoms with van der Waals surface area (Å²) in [6, 6.07) is 9.95. The summed E-state index contributed by atoms with van der Waals surface area (Å²) in [5.74, 6) is -1.41. The number of likely N-dealkylation sites (N-methyl/N-ethyl adjacent to an activating group) is 1. The van der Waals surface area contributed by atoms with Crippen molar-refractivity contribution in [1.29, 1.82) is 0 Å². The molecule has 0 saturated carbocycles. The molecule has 0 aromatic heterocycles. The van der Waals surface area contributed by atoms with Gasteiger partial charge in [-0.05, 0) is 42.9 Å². The predicted molar refractivity (Wildman–Crippen MR) is 91.0 cm³/mol. The van der Waals surface area contributed by atoms with E-state index in [9.17, 15) is 22.4 Å². The van der Waals surface area contributed by atoms with Crippen LogP contribution in [0.4, 0.5) is 17.6 Å². The summed E-state index contributed by atoms with van der Waals surface area (Å²) in [5.41, 5.74) is -0.251. The summed E-state index contributed by atoms with van der Waals surface area (Å²) < 4.78 is 57.6. The number of hydrogen-bond donors (Lipinski definition) is 1. The number of carbonyl (C=O) groups is 1. The maximum atomic E-state index is 13.2. The van der Waals surface area contributed by atoms with Gasteiger partial charge >= 0.3 is 12.1 Å². The topological polar surface area (TPSA) is 49.8 Å². The summed E-state index contributed by atoms with van der Waals surface area (Å²) in [5, 5.41) is 8.82. The Morgan fingerprint density at radius 3 is 2.44 bits per heavy atom. The number of benzene rings is 2. The monoisotopic (exact) mass is 385 g/mol. The Balaban J connectivity index is 2.19. The molecular formula is C19H19F4NO3. The van der Waals surface area contributed by atoms with Gasteiger partial charge < -0.3 is 9.84 Å². The lowest BCUT2D eigenvalue weighted by Gasteiger charge is -2.23. The third-order valence-corrected chi connectivity index (χ3v) is 3.86. The second kappa shape index (κ2) is 8.85. The van der Waals surface area contributed by atoms with E-state index in [0.29, 0.717) is 18.5 Å². The molecule has 0 spiro atoms. The Labute approximate surface area is 154 Å². The zero-order chi connectivity index (χ0) is 20.0. The smallest absolute Gasteiger partial charge is 0.416 e. The number of nitrogens with zero attached hydrogens (tertiary/aromatic N) is 1. The van der Waals surface area contributed by atoms with E-state index in [0.717, 1.165) is 12.1 Å². The molecule has 0 aliphatic carbocycles. The number of alkyl halides is 3. The van der Waals surface area contributed by atoms with Gasteiger partial charge in [-0.2, -0.15) is 13.2 Å². The second-order valence-electron chi connectivity index (χ2n) is 6.10. The van der Waals surface area contributed by atoms with Gasteiger partial charge in [-0.25, -0.2) is 4.39 Å². The van der Waals surface area contributed by atoms with E-state index < -0.39 is 29.6 Å². The first-order valence-corrected chi connectivity index (χ1v) is 8.15. The zero-order valence-corrected chi connectivity index (χ0v) is 14.5. The number of carboxylic acids is 1. The van der Waals surface area contributed by atoms with Crippen LogP contribution in [0.2, 0.25) is 0 Å². The molecule has 0 bridgehead atoms. The predicted octanol–water partition coefficient (Wildman–Crippen LogP) is 4.37. The number of hydrogen-bond acceptors (Lipinski definition) is 3. The van der Waals surface area contributed by atoms with Gasteiger partial charge in [-0.1, -0.05) is 18.2 Å². The lowest BCUT2D eigenvalue weighted by atomic mass is 10.1. The van der Waals surface area contributed by atoms with Crippen molar-refractivity contribution in [3.05, 3.63) is 65.5 Å². The van der Waals surface area contributed by atoms with Crippen LogP contribution in [-0.4, -0.2) is 36.1 Å². The van der Waals surface area contributed by atoms with Gasteiger partial charge in [0.05, 0.1) is 12.1 Å². The molecule has 0 amide bonds. The van der Waals surface area contributed by atoms with Crippen LogP contribution in [0.15, 0.2) is 48.5 Å². The Morgan fingerprint density at radius 1 is 1.19 bits per heavy atom. The van der Waals surface area contributed by atoms with Crippen LogP contribution >= 0.6 is 0 Å². The van der Waals surface area contributed by atoms with Crippen molar-refractivity contribution < 1.29 is 32.2 Å². The molecule has 2 aromatic carbocycles. The molecule has 0 heterocycles. The average Bonchev–Trinajstić information content (AvgIpc) is 2.58. The third kappa shape index (κ3) is 6.56. The average molecular weight is 385 g/mol. The molecule has 0 aliphatic rings. The van der Waals surface area contributed by atoms with Crippen LogP contribution < -0.4 is 4.74 Å². The van der Waals surface area contributed by atoms with Crippen molar-refractivity contribution in [2.45, 2.75) is 18.7 Å². The highest BCUT2D eigenvalue weighted by Gasteiger charge is 2.30. The van der Waals surface area contributed by atoms with Gasteiger partial charge in [0.2, 0.25) is 0 Å². The van der Waals surface area contributed by atoms with Gasteiger partial charge in [0, 0.05) is 13.0 Å². The molecule has 0 aliphatic heterocycles. The van der Waals surface area contributed by atoms with E-state index in [1.165, 1.54) is 36.4 Å². The van der Waals surface area contributed by atoms with Crippen molar-refractivity contribution in [2.24, 2.45) is 0 Å². The molecule has 1 atom stereocenters. The molecule has 4 nitrogen and oxygen atoms in total. The van der Waals surface area contributed by atoms with Gasteiger partial charge in [0.25, 0.3) is 0 Å². The first kappa shape index (κ1) is 20.7. The Kier molecular flexibility index (Phi) is 6.79. The Hall–Kier alpha value is -2.61. The fourth-order valence-electron chi connectivity index (χ4n) is 2.53. The van der Waals surface area contributed by atoms with Crippen LogP contribution in [0, 0.1) is 5.82 Å². The largest absolute Gasteiger partial charge is 0.486 e. The van der Waals surface area contributed by atoms with Crippen molar-refractivity contribution in [2.75, 3.05) is 20.1 Å². The fraction of sp³-hybridized carbons (Fsp3) is 0.316. The van der Waals surface area contributed by atoms with Crippen molar-refractivity contribution in [1.82, 2.24) is 4.90 Å². The van der Waals surface area contributed by atoms with Crippen LogP contribution in [0.1, 0.15) is 23.7 Å². The lowest BCUT2D eigenvalue weighted by Crippen LogP contribution is -2.28. The van der Waals surface area contributed by atoms with Crippen LogP contribution in [0.25, 0.3) is 0 Å². The van der Waals surface area contributed by atoms with Gasteiger partial charge in [0.1, 0.15) is 17.7 Å². The van der Waals surface area contributed by atoms with Crippen molar-refractivity contribution in [3.8, 4) is 5.75 Å². The normalized spacial score (nSPS) is 12.8. The summed E-state index contributed by atoms with van der Waals surface area (Å²) in [6.07, 6.45) is -4.84. The van der Waals surface area contributed by atoms with E-state index in [1.54, 1.807) is 11.9 Å². The Morgan fingerprint density at radius 2 is 1.85 bits per heavy atom. The molecule has 0 saturated heterocycles. The highest BCUT2D eigenvalue weighted by atomic mass is 19.4. The van der Waals surface area contributed by atoms with Crippen molar-refractivity contribution >= 4 is 5.97 Å². The number of aliphatic carboxylic acids is 1. The Bertz CT molecular complexity index is 762. The standard InChI is InChI=1S/C19H19F4NO3/c1-24(12-18(25)26)10-9-17(13-5-7-15(20)8-6-13)27-16-4-2-3-14(11-16)19(21,22)23/h2-8,11,17H,9-10,12H2,1H3,(H,25,26)/t17-/m1/s1. The SMILES string of the molecule is CN(CC[C@@H](Oc1cccc(C(F)(F)F)c1)c1ccc(F)cc1)CC(=O)O. The maximum Gasteiger partial charge on any atom is 0.416 e. The van der Waals surface area contributed by atoms with E-state index in [2.05, 4.69) is 0 Å². The van der Waals surface area contributed by atoms with Gasteiger partial charge in [-0.15, -0.1) is 0 Å². The molecular weight excluding hydrogens is 366 g/mol. The maximum absolute atomic E-state index is 13.2. The van der Waals surface area contributed by atoms with Crippen LogP contribution in [-0.2, 0) is 11.0 Å². The quantitative estimate of drug-likeness (QED) is 0.686. The fourth-order valence-corrected chi connectivity index (χ4v) is 2.53.